The van der Waals surface area contributed by atoms with E-state index in [4.69, 9.17) is 22.1 Å². The van der Waals surface area contributed by atoms with Crippen LogP contribution in [0.5, 0.6) is 0 Å². The lowest BCUT2D eigenvalue weighted by molar-refractivity contribution is -0.134. The zero-order valence-corrected chi connectivity index (χ0v) is 13.7. The first-order valence-electron chi connectivity index (χ1n) is 6.94. The van der Waals surface area contributed by atoms with E-state index in [1.165, 1.54) is 0 Å². The van der Waals surface area contributed by atoms with Gasteiger partial charge in [-0.1, -0.05) is 29.8 Å². The average Bonchev–Trinajstić information content (AvgIpc) is 2.94. The van der Waals surface area contributed by atoms with Gasteiger partial charge in [0.05, 0.1) is 18.6 Å². The van der Waals surface area contributed by atoms with Gasteiger partial charge in [-0.3, -0.25) is 4.79 Å². The molecule has 2 N–H and O–H groups in total. The van der Waals surface area contributed by atoms with Gasteiger partial charge in [0.2, 0.25) is 5.91 Å². The SMILES string of the molecule is COC(CN)CC(=O)N1CCCC1c1ccccc1Cl.Cl. The van der Waals surface area contributed by atoms with Crippen molar-refractivity contribution in [1.82, 2.24) is 4.90 Å². The molecule has 1 aromatic rings. The van der Waals surface area contributed by atoms with E-state index in [0.29, 0.717) is 13.0 Å². The third kappa shape index (κ3) is 4.33. The maximum absolute atomic E-state index is 12.4. The first-order valence-corrected chi connectivity index (χ1v) is 7.32. The third-order valence-corrected chi connectivity index (χ3v) is 4.18. The summed E-state index contributed by atoms with van der Waals surface area (Å²) in [5.74, 6) is 0.0877. The number of benzene rings is 1. The molecule has 4 nitrogen and oxygen atoms in total. The molecule has 0 radical (unpaired) electrons. The Kier molecular flexibility index (Phi) is 7.46. The van der Waals surface area contributed by atoms with E-state index in [1.54, 1.807) is 7.11 Å². The molecule has 0 saturated carbocycles. The van der Waals surface area contributed by atoms with Crippen LogP contribution in [0.1, 0.15) is 30.9 Å². The summed E-state index contributed by atoms with van der Waals surface area (Å²) in [4.78, 5) is 14.3. The topological polar surface area (TPSA) is 55.6 Å². The molecular formula is C15H22Cl2N2O2. The van der Waals surface area contributed by atoms with Gasteiger partial charge < -0.3 is 15.4 Å². The number of carbonyl (C=O) groups excluding carboxylic acids is 1. The lowest BCUT2D eigenvalue weighted by atomic mass is 10.0. The minimum atomic E-state index is -0.213. The van der Waals surface area contributed by atoms with Crippen molar-refractivity contribution in [3.05, 3.63) is 34.9 Å². The average molecular weight is 333 g/mol. The predicted molar refractivity (Wildman–Crippen MR) is 86.9 cm³/mol. The highest BCUT2D eigenvalue weighted by Gasteiger charge is 2.31. The number of carbonyl (C=O) groups is 1. The third-order valence-electron chi connectivity index (χ3n) is 3.84. The van der Waals surface area contributed by atoms with Crippen molar-refractivity contribution in [3.63, 3.8) is 0 Å². The van der Waals surface area contributed by atoms with Crippen LogP contribution in [0.2, 0.25) is 5.02 Å². The lowest BCUT2D eigenvalue weighted by Gasteiger charge is -2.27. The van der Waals surface area contributed by atoms with Crippen LogP contribution in [0.3, 0.4) is 0 Å². The Hall–Kier alpha value is -0.810. The van der Waals surface area contributed by atoms with Crippen molar-refractivity contribution in [2.24, 2.45) is 5.73 Å². The standard InChI is InChI=1S/C15H21ClN2O2.ClH/c1-20-11(10-17)9-15(19)18-8-4-7-14(18)12-5-2-3-6-13(12)16;/h2-3,5-6,11,14H,4,7-10,17H2,1H3;1H. The molecule has 21 heavy (non-hydrogen) atoms. The minimum absolute atomic E-state index is 0. The fourth-order valence-electron chi connectivity index (χ4n) is 2.71. The highest BCUT2D eigenvalue weighted by Crippen LogP contribution is 2.36. The molecule has 118 valence electrons. The number of hydrogen-bond acceptors (Lipinski definition) is 3. The van der Waals surface area contributed by atoms with Crippen LogP contribution in [-0.4, -0.2) is 37.1 Å². The molecule has 1 amide bonds. The van der Waals surface area contributed by atoms with E-state index in [1.807, 2.05) is 29.2 Å². The zero-order chi connectivity index (χ0) is 14.5. The molecular weight excluding hydrogens is 311 g/mol. The maximum atomic E-state index is 12.4. The van der Waals surface area contributed by atoms with Crippen molar-refractivity contribution < 1.29 is 9.53 Å². The Morgan fingerprint density at radius 2 is 2.24 bits per heavy atom. The second kappa shape index (κ2) is 8.59. The van der Waals surface area contributed by atoms with E-state index in [9.17, 15) is 4.79 Å². The minimum Gasteiger partial charge on any atom is -0.380 e. The molecule has 1 fully saturated rings. The Morgan fingerprint density at radius 3 is 2.86 bits per heavy atom. The number of nitrogens with zero attached hydrogens (tertiary/aromatic N) is 1. The molecule has 1 aliphatic rings. The van der Waals surface area contributed by atoms with Crippen molar-refractivity contribution >= 4 is 29.9 Å². The van der Waals surface area contributed by atoms with E-state index in [-0.39, 0.29) is 30.5 Å². The summed E-state index contributed by atoms with van der Waals surface area (Å²) in [5, 5.41) is 0.722. The van der Waals surface area contributed by atoms with Gasteiger partial charge in [0.15, 0.2) is 0 Å². The summed E-state index contributed by atoms with van der Waals surface area (Å²) < 4.78 is 5.20. The second-order valence-corrected chi connectivity index (χ2v) is 5.47. The van der Waals surface area contributed by atoms with Crippen LogP contribution >= 0.6 is 24.0 Å². The molecule has 1 saturated heterocycles. The van der Waals surface area contributed by atoms with Crippen LogP contribution < -0.4 is 5.73 Å². The molecule has 0 bridgehead atoms. The molecule has 6 heteroatoms. The number of likely N-dealkylation sites (tertiary alicyclic amines) is 1. The normalized spacial score (nSPS) is 19.2. The molecule has 1 heterocycles. The van der Waals surface area contributed by atoms with Crippen LogP contribution in [-0.2, 0) is 9.53 Å². The summed E-state index contributed by atoms with van der Waals surface area (Å²) >= 11 is 6.25. The van der Waals surface area contributed by atoms with E-state index < -0.39 is 0 Å². The number of methoxy groups -OCH3 is 1. The molecule has 0 spiro atoms. The van der Waals surface area contributed by atoms with E-state index in [0.717, 1.165) is 30.0 Å². The number of halogens is 2. The highest BCUT2D eigenvalue weighted by molar-refractivity contribution is 6.31. The molecule has 1 aromatic carbocycles. The first-order chi connectivity index (χ1) is 9.67. The molecule has 2 atom stereocenters. The summed E-state index contributed by atoms with van der Waals surface area (Å²) in [6.45, 7) is 1.13. The van der Waals surface area contributed by atoms with Gasteiger partial charge in [-0.25, -0.2) is 0 Å². The lowest BCUT2D eigenvalue weighted by Crippen LogP contribution is -2.35. The van der Waals surface area contributed by atoms with Gasteiger partial charge in [-0.15, -0.1) is 12.4 Å². The Balaban J connectivity index is 0.00000220. The van der Waals surface area contributed by atoms with Crippen LogP contribution in [0.25, 0.3) is 0 Å². The largest absolute Gasteiger partial charge is 0.380 e. The first kappa shape index (κ1) is 18.2. The summed E-state index contributed by atoms with van der Waals surface area (Å²) in [6, 6.07) is 7.81. The van der Waals surface area contributed by atoms with Crippen molar-refractivity contribution in [2.75, 3.05) is 20.2 Å². The molecule has 1 aliphatic heterocycles. The van der Waals surface area contributed by atoms with Crippen LogP contribution in [0, 0.1) is 0 Å². The monoisotopic (exact) mass is 332 g/mol. The number of hydrogen-bond donors (Lipinski definition) is 1. The molecule has 2 rings (SSSR count). The Morgan fingerprint density at radius 1 is 1.52 bits per heavy atom. The quantitative estimate of drug-likeness (QED) is 0.901. The number of ether oxygens (including phenoxy) is 1. The van der Waals surface area contributed by atoms with Crippen LogP contribution in [0.4, 0.5) is 0 Å². The number of amides is 1. The van der Waals surface area contributed by atoms with Gasteiger partial charge >= 0.3 is 0 Å². The maximum Gasteiger partial charge on any atom is 0.225 e. The molecule has 0 aromatic heterocycles. The molecule has 0 aliphatic carbocycles. The van der Waals surface area contributed by atoms with Crippen LogP contribution in [0.15, 0.2) is 24.3 Å². The smallest absolute Gasteiger partial charge is 0.225 e. The van der Waals surface area contributed by atoms with Crippen molar-refractivity contribution in [3.8, 4) is 0 Å². The van der Waals surface area contributed by atoms with Gasteiger partial charge in [-0.05, 0) is 24.5 Å². The number of nitrogens with two attached hydrogens (primary N) is 1. The summed E-state index contributed by atoms with van der Waals surface area (Å²) in [5.41, 5.74) is 6.61. The summed E-state index contributed by atoms with van der Waals surface area (Å²) in [6.07, 6.45) is 2.07. The fourth-order valence-corrected chi connectivity index (χ4v) is 2.97. The van der Waals surface area contributed by atoms with Crippen molar-refractivity contribution in [1.29, 1.82) is 0 Å². The van der Waals surface area contributed by atoms with E-state index in [2.05, 4.69) is 0 Å². The van der Waals surface area contributed by atoms with Gasteiger partial charge in [0, 0.05) is 25.2 Å². The molecule has 2 unspecified atom stereocenters. The highest BCUT2D eigenvalue weighted by atomic mass is 35.5. The zero-order valence-electron chi connectivity index (χ0n) is 12.1. The second-order valence-electron chi connectivity index (χ2n) is 5.06. The fraction of sp³-hybridized carbons (Fsp3) is 0.533. The van der Waals surface area contributed by atoms with Crippen molar-refractivity contribution in [2.45, 2.75) is 31.4 Å². The van der Waals surface area contributed by atoms with Gasteiger partial charge in [0.25, 0.3) is 0 Å². The van der Waals surface area contributed by atoms with Gasteiger partial charge in [0.1, 0.15) is 0 Å². The number of rotatable bonds is 5. The van der Waals surface area contributed by atoms with Gasteiger partial charge in [-0.2, -0.15) is 0 Å². The van der Waals surface area contributed by atoms with E-state index >= 15 is 0 Å². The predicted octanol–water partition coefficient (Wildman–Crippen LogP) is 2.79. The summed E-state index contributed by atoms with van der Waals surface area (Å²) in [7, 11) is 1.58. The Bertz CT molecular complexity index is 467. The Labute approximate surface area is 137 Å².